The Balaban J connectivity index is 2.53. The van der Waals surface area contributed by atoms with Gasteiger partial charge < -0.3 is 15.6 Å². The largest absolute Gasteiger partial charge is 0.504 e. The highest BCUT2D eigenvalue weighted by atomic mass is 79.9. The van der Waals surface area contributed by atoms with Crippen molar-refractivity contribution in [2.75, 3.05) is 7.11 Å². The molecule has 2 rings (SSSR count). The summed E-state index contributed by atoms with van der Waals surface area (Å²) in [5.41, 5.74) is 8.89. The molecule has 0 amide bonds. The maximum Gasteiger partial charge on any atom is 0.164 e. The zero-order valence-corrected chi connectivity index (χ0v) is 12.0. The summed E-state index contributed by atoms with van der Waals surface area (Å²) < 4.78 is 6.26. The predicted molar refractivity (Wildman–Crippen MR) is 71.7 cm³/mol. The van der Waals surface area contributed by atoms with E-state index < -0.39 is 0 Å². The van der Waals surface area contributed by atoms with Gasteiger partial charge >= 0.3 is 0 Å². The van der Waals surface area contributed by atoms with Gasteiger partial charge in [0.05, 0.1) is 7.11 Å². The van der Waals surface area contributed by atoms with E-state index in [1.807, 2.05) is 13.8 Å². The Morgan fingerprint density at radius 2 is 1.94 bits per heavy atom. The molecule has 1 fully saturated rings. The third kappa shape index (κ3) is 2.16. The molecule has 0 atom stereocenters. The van der Waals surface area contributed by atoms with Crippen LogP contribution in [-0.4, -0.2) is 17.8 Å². The summed E-state index contributed by atoms with van der Waals surface area (Å²) in [6.45, 7) is 3.92. The van der Waals surface area contributed by atoms with Crippen LogP contribution in [0, 0.1) is 13.8 Å². The second kappa shape index (κ2) is 4.18. The third-order valence-corrected chi connectivity index (χ3v) is 4.77. The van der Waals surface area contributed by atoms with Crippen LogP contribution in [-0.2, 0) is 6.42 Å². The van der Waals surface area contributed by atoms with Crippen LogP contribution in [0.1, 0.15) is 29.5 Å². The minimum Gasteiger partial charge on any atom is -0.504 e. The van der Waals surface area contributed by atoms with Gasteiger partial charge in [-0.05, 0) is 38.7 Å². The van der Waals surface area contributed by atoms with Crippen molar-refractivity contribution in [2.45, 2.75) is 38.6 Å². The average molecular weight is 300 g/mol. The second-order valence-electron chi connectivity index (χ2n) is 4.96. The highest BCUT2D eigenvalue weighted by Crippen LogP contribution is 2.45. The van der Waals surface area contributed by atoms with Crippen molar-refractivity contribution in [3.63, 3.8) is 0 Å². The Hall–Kier alpha value is -0.740. The van der Waals surface area contributed by atoms with Crippen molar-refractivity contribution in [3.8, 4) is 11.5 Å². The van der Waals surface area contributed by atoms with E-state index >= 15 is 0 Å². The number of rotatable bonds is 3. The summed E-state index contributed by atoms with van der Waals surface area (Å²) in [6, 6.07) is 0. The van der Waals surface area contributed by atoms with Gasteiger partial charge in [0, 0.05) is 21.1 Å². The summed E-state index contributed by atoms with van der Waals surface area (Å²) in [4.78, 5) is 0. The smallest absolute Gasteiger partial charge is 0.164 e. The molecule has 3 nitrogen and oxygen atoms in total. The van der Waals surface area contributed by atoms with Crippen LogP contribution in [0.5, 0.6) is 11.5 Å². The molecule has 1 aliphatic carbocycles. The molecule has 0 unspecified atom stereocenters. The standard InChI is InChI=1S/C13H18BrNO2/c1-7-9(6-13(15)4-5-13)11(16)12(17-3)8(2)10(7)14/h16H,4-6,15H2,1-3H3. The normalized spacial score (nSPS) is 17.0. The van der Waals surface area contributed by atoms with E-state index in [2.05, 4.69) is 15.9 Å². The van der Waals surface area contributed by atoms with E-state index in [1.165, 1.54) is 0 Å². The lowest BCUT2D eigenvalue weighted by Gasteiger charge is -2.19. The molecule has 0 heterocycles. The fraction of sp³-hybridized carbons (Fsp3) is 0.538. The zero-order valence-electron chi connectivity index (χ0n) is 10.4. The van der Waals surface area contributed by atoms with Gasteiger partial charge in [0.1, 0.15) is 0 Å². The molecule has 0 radical (unpaired) electrons. The number of nitrogens with two attached hydrogens (primary N) is 1. The summed E-state index contributed by atoms with van der Waals surface area (Å²) >= 11 is 3.55. The lowest BCUT2D eigenvalue weighted by atomic mass is 9.96. The van der Waals surface area contributed by atoms with Gasteiger partial charge in [0.2, 0.25) is 0 Å². The summed E-state index contributed by atoms with van der Waals surface area (Å²) in [6.07, 6.45) is 2.76. The fourth-order valence-corrected chi connectivity index (χ4v) is 2.58. The van der Waals surface area contributed by atoms with Gasteiger partial charge in [-0.15, -0.1) is 0 Å². The SMILES string of the molecule is COc1c(C)c(Br)c(C)c(CC2(N)CC2)c1O. The van der Waals surface area contributed by atoms with Crippen LogP contribution in [0.15, 0.2) is 4.47 Å². The molecule has 3 N–H and O–H groups in total. The fourth-order valence-electron chi connectivity index (χ4n) is 2.16. The Bertz CT molecular complexity index is 467. The minimum absolute atomic E-state index is 0.123. The first-order chi connectivity index (χ1) is 7.89. The number of aromatic hydroxyl groups is 1. The zero-order chi connectivity index (χ0) is 12.8. The maximum absolute atomic E-state index is 10.3. The molecule has 17 heavy (non-hydrogen) atoms. The molecule has 1 aromatic rings. The molecule has 0 aliphatic heterocycles. The molecule has 4 heteroatoms. The van der Waals surface area contributed by atoms with E-state index in [-0.39, 0.29) is 11.3 Å². The van der Waals surface area contributed by atoms with Gasteiger partial charge in [-0.2, -0.15) is 0 Å². The first-order valence-electron chi connectivity index (χ1n) is 5.73. The highest BCUT2D eigenvalue weighted by molar-refractivity contribution is 9.10. The number of benzene rings is 1. The van der Waals surface area contributed by atoms with Crippen molar-refractivity contribution in [1.29, 1.82) is 0 Å². The molecule has 0 spiro atoms. The molecule has 1 aromatic carbocycles. The first kappa shape index (κ1) is 12.7. The Morgan fingerprint density at radius 1 is 1.35 bits per heavy atom. The summed E-state index contributed by atoms with van der Waals surface area (Å²) in [7, 11) is 1.57. The molecular formula is C13H18BrNO2. The van der Waals surface area contributed by atoms with E-state index in [0.717, 1.165) is 34.0 Å². The van der Waals surface area contributed by atoms with Crippen molar-refractivity contribution < 1.29 is 9.84 Å². The van der Waals surface area contributed by atoms with E-state index in [9.17, 15) is 5.11 Å². The number of halogens is 1. The predicted octanol–water partition coefficient (Wildman–Crippen LogP) is 2.81. The molecule has 94 valence electrons. The van der Waals surface area contributed by atoms with Gasteiger partial charge in [0.25, 0.3) is 0 Å². The molecule has 0 aromatic heterocycles. The molecule has 0 saturated heterocycles. The number of ether oxygens (including phenoxy) is 1. The first-order valence-corrected chi connectivity index (χ1v) is 6.52. The Morgan fingerprint density at radius 3 is 2.41 bits per heavy atom. The maximum atomic E-state index is 10.3. The van der Waals surface area contributed by atoms with E-state index in [1.54, 1.807) is 7.11 Å². The van der Waals surface area contributed by atoms with Crippen LogP contribution in [0.25, 0.3) is 0 Å². The lowest BCUT2D eigenvalue weighted by molar-refractivity contribution is 0.366. The topological polar surface area (TPSA) is 55.5 Å². The van der Waals surface area contributed by atoms with Crippen molar-refractivity contribution in [2.24, 2.45) is 5.73 Å². The average Bonchev–Trinajstić information content (AvgIpc) is 3.01. The number of hydrogen-bond acceptors (Lipinski definition) is 3. The summed E-state index contributed by atoms with van der Waals surface area (Å²) in [5, 5.41) is 10.3. The highest BCUT2D eigenvalue weighted by Gasteiger charge is 2.39. The van der Waals surface area contributed by atoms with Gasteiger partial charge in [-0.1, -0.05) is 15.9 Å². The molecular weight excluding hydrogens is 282 g/mol. The molecule has 1 aliphatic rings. The molecule has 1 saturated carbocycles. The number of phenols is 1. The number of methoxy groups -OCH3 is 1. The minimum atomic E-state index is -0.123. The monoisotopic (exact) mass is 299 g/mol. The van der Waals surface area contributed by atoms with Crippen LogP contribution in [0.2, 0.25) is 0 Å². The van der Waals surface area contributed by atoms with Crippen molar-refractivity contribution in [1.82, 2.24) is 0 Å². The van der Waals surface area contributed by atoms with Crippen molar-refractivity contribution in [3.05, 3.63) is 21.2 Å². The third-order valence-electron chi connectivity index (χ3n) is 3.58. The van der Waals surface area contributed by atoms with Gasteiger partial charge in [-0.25, -0.2) is 0 Å². The van der Waals surface area contributed by atoms with Crippen LogP contribution < -0.4 is 10.5 Å². The Labute approximate surface area is 110 Å². The lowest BCUT2D eigenvalue weighted by Crippen LogP contribution is -2.25. The van der Waals surface area contributed by atoms with Crippen molar-refractivity contribution >= 4 is 15.9 Å². The van der Waals surface area contributed by atoms with Gasteiger partial charge in [-0.3, -0.25) is 0 Å². The van der Waals surface area contributed by atoms with E-state index in [4.69, 9.17) is 10.5 Å². The Kier molecular flexibility index (Phi) is 3.12. The number of hydrogen-bond donors (Lipinski definition) is 2. The van der Waals surface area contributed by atoms with Crippen LogP contribution in [0.3, 0.4) is 0 Å². The second-order valence-corrected chi connectivity index (χ2v) is 5.76. The summed E-state index contributed by atoms with van der Waals surface area (Å²) in [5.74, 6) is 0.782. The van der Waals surface area contributed by atoms with Crippen LogP contribution in [0.4, 0.5) is 0 Å². The van der Waals surface area contributed by atoms with Gasteiger partial charge in [0.15, 0.2) is 11.5 Å². The van der Waals surface area contributed by atoms with Crippen LogP contribution >= 0.6 is 15.9 Å². The van der Waals surface area contributed by atoms with E-state index in [0.29, 0.717) is 12.2 Å². The number of phenolic OH excluding ortho intramolecular Hbond substituents is 1. The molecule has 0 bridgehead atoms. The quantitative estimate of drug-likeness (QED) is 0.902.